The topological polar surface area (TPSA) is 387 Å². The number of amides is 3. The molecular formula is C76H84Br4ClI2N14NaO15. The molecule has 598 valence electrons. The summed E-state index contributed by atoms with van der Waals surface area (Å²) >= 11 is 18.0. The minimum atomic E-state index is -0.763. The number of fused-ring (bicyclic) bond motifs is 7. The second-order valence-corrected chi connectivity index (χ2v) is 26.3. The van der Waals surface area contributed by atoms with E-state index in [9.17, 15) is 49.5 Å². The van der Waals surface area contributed by atoms with Crippen LogP contribution in [-0.2, 0) is 65.4 Å². The number of alkyl halides is 1. The molecule has 2 aliphatic rings. The number of carbonyl (C=O) groups is 3. The van der Waals surface area contributed by atoms with Crippen molar-refractivity contribution in [3.63, 3.8) is 0 Å². The number of nitrogens with zero attached hydrogens (tertiary/aromatic N) is 10. The molecule has 0 unspecified atom stereocenters. The third-order valence-electron chi connectivity index (χ3n) is 15.2. The van der Waals surface area contributed by atoms with Gasteiger partial charge in [-0.05, 0) is 168 Å². The Morgan fingerprint density at radius 1 is 0.637 bits per heavy atom. The number of aromatic nitrogens is 6. The molecule has 0 spiro atoms. The average Bonchev–Trinajstić information content (AvgIpc) is 1.77. The second-order valence-electron chi connectivity index (χ2n) is 22.9. The van der Waals surface area contributed by atoms with E-state index >= 15 is 0 Å². The standard InChI is InChI=1S/C20H22N4O5.C18H17Br2N3O4.C18H18N4O2.C10H11Cl.C8H7Br2N3O4.2CH4.2HI.Na/c1-2-28-20(25)23-13-15-9-6-8-14(11-15)7-4-3-5-10-29-17-12-16(23)18(24(26)27)19(21)22-17;1-3-6-12-7-5-8-13(9-12)11-22(18(24)27-4-2)14-10-15(19)21-17(20)16(14)23(25)26;19-17-16-14-10-15(20-17)24-8-3-1-2-5-12-6-4-7-13(9-12)11-22(14)18(23)21-16;1-2-4-9-5-3-6-10(7-9)8-11;1-2-17-8(14)11-4-3-5(9)12-7(10)6(4)13(15)16;;;;;/h3-4,6,8-9,11-12H,2,5,7,10,13H2,1H3,(H2,21,22);3,5,7-10H,1,4,6,11H2,2H3;1-2,4,6-7,9-10H,3,5,8,11H2,(H2,19,20)(H,21,23);2-3,5-7H,1,4,8H2;3H,2H2,1H3,(H,11,12,14);2*1H4;2*1H;/q;;;;;;;;;+1/p-1/b4-3+;;2-1+;;;;;;;. The number of hydrogen-bond acceptors (Lipinski definition) is 21. The number of allylic oxidation sites excluding steroid dienone is 4. The van der Waals surface area contributed by atoms with E-state index in [1.807, 2.05) is 91.0 Å². The molecular weight excluding hydrogens is 1980 g/mol. The smallest absolute Gasteiger partial charge is 1.00 e. The maximum Gasteiger partial charge on any atom is 1.00 e. The van der Waals surface area contributed by atoms with Gasteiger partial charge in [0.25, 0.3) is 0 Å². The molecule has 0 saturated carbocycles. The van der Waals surface area contributed by atoms with Crippen molar-refractivity contribution < 1.29 is 106 Å². The predicted octanol–water partition coefficient (Wildman–Crippen LogP) is 13.4. The fourth-order valence-electron chi connectivity index (χ4n) is 10.6. The van der Waals surface area contributed by atoms with Gasteiger partial charge in [-0.15, -0.1) is 48.7 Å². The second kappa shape index (κ2) is 51.4. The molecule has 5 aromatic heterocycles. The van der Waals surface area contributed by atoms with E-state index in [2.05, 4.69) is 148 Å². The molecule has 0 saturated heterocycles. The maximum atomic E-state index is 12.7. The van der Waals surface area contributed by atoms with Gasteiger partial charge in [0.05, 0.1) is 73.0 Å². The number of halogens is 7. The van der Waals surface area contributed by atoms with Gasteiger partial charge in [0.2, 0.25) is 17.6 Å². The van der Waals surface area contributed by atoms with E-state index in [1.165, 1.54) is 44.7 Å². The van der Waals surface area contributed by atoms with Crippen molar-refractivity contribution in [1.29, 1.82) is 0 Å². The summed E-state index contributed by atoms with van der Waals surface area (Å²) in [6.07, 6.45) is 14.4. The van der Waals surface area contributed by atoms with E-state index in [0.717, 1.165) is 53.5 Å². The van der Waals surface area contributed by atoms with E-state index in [0.29, 0.717) is 64.6 Å². The number of aromatic amines is 1. The quantitative estimate of drug-likeness (QED) is 0.0108. The van der Waals surface area contributed by atoms with Crippen molar-refractivity contribution in [3.05, 3.63) is 275 Å². The van der Waals surface area contributed by atoms with Crippen molar-refractivity contribution in [1.82, 2.24) is 29.5 Å². The zero-order valence-corrected chi connectivity index (χ0v) is 74.0. The number of carbonyl (C=O) groups excluding carboxylic acids is 3. The average molecular weight is 2070 g/mol. The van der Waals surface area contributed by atoms with Crippen LogP contribution in [-0.4, -0.2) is 95.6 Å². The van der Waals surface area contributed by atoms with Crippen molar-refractivity contribution in [2.24, 2.45) is 0 Å². The third-order valence-corrected chi connectivity index (χ3v) is 17.4. The normalized spacial score (nSPS) is 12.1. The molecule has 2 aliphatic heterocycles. The number of anilines is 5. The minimum absolute atomic E-state index is 0. The minimum Gasteiger partial charge on any atom is -1.00 e. The summed E-state index contributed by atoms with van der Waals surface area (Å²) in [5.74, 6) is 1.08. The summed E-state index contributed by atoms with van der Waals surface area (Å²) < 4.78 is 28.6. The summed E-state index contributed by atoms with van der Waals surface area (Å²) in [5, 5.41) is 36.3. The number of H-pyrrole nitrogens is 1. The van der Waals surface area contributed by atoms with Crippen LogP contribution >= 0.6 is 99.3 Å². The summed E-state index contributed by atoms with van der Waals surface area (Å²) in [6, 6.07) is 37.6. The van der Waals surface area contributed by atoms with Gasteiger partial charge in [-0.3, -0.25) is 50.0 Å². The number of ether oxygens (including phenoxy) is 5. The Kier molecular flexibility index (Phi) is 45.8. The molecule has 11 rings (SSSR count). The zero-order chi connectivity index (χ0) is 78.4. The first-order valence-electron chi connectivity index (χ1n) is 33.2. The Balaban J connectivity index is 0.000000488. The number of imidazole rings is 1. The van der Waals surface area contributed by atoms with Gasteiger partial charge in [0, 0.05) is 30.1 Å². The Bertz CT molecular complexity index is 4870. The number of hydrogen-bond donors (Lipinski definition) is 4. The Morgan fingerprint density at radius 3 is 1.66 bits per heavy atom. The van der Waals surface area contributed by atoms with Crippen LogP contribution in [0.5, 0.6) is 11.8 Å². The molecule has 6 N–H and O–H groups in total. The Hall–Kier alpha value is -8.41. The molecule has 3 amide bonds. The van der Waals surface area contributed by atoms with Crippen LogP contribution in [0.1, 0.15) is 93.0 Å². The molecule has 4 aromatic carbocycles. The van der Waals surface area contributed by atoms with Crippen molar-refractivity contribution in [3.8, 4) is 11.8 Å². The summed E-state index contributed by atoms with van der Waals surface area (Å²) in [7, 11) is 0. The van der Waals surface area contributed by atoms with Gasteiger partial charge in [-0.2, -0.15) is 9.97 Å². The Morgan fingerprint density at radius 2 is 1.12 bits per heavy atom. The number of nitrogen functional groups attached to an aromatic ring is 2. The monoisotopic (exact) mass is 2060 g/mol. The number of nitrogens with two attached hydrogens (primary N) is 2. The van der Waals surface area contributed by atoms with Crippen molar-refractivity contribution >= 4 is 174 Å². The van der Waals surface area contributed by atoms with E-state index in [-0.39, 0.29) is 186 Å². The number of benzene rings is 4. The predicted molar refractivity (Wildman–Crippen MR) is 457 cm³/mol. The first-order valence-corrected chi connectivity index (χ1v) is 36.9. The third kappa shape index (κ3) is 30.7. The molecule has 0 aliphatic carbocycles. The summed E-state index contributed by atoms with van der Waals surface area (Å²) in [5.41, 5.74) is 20.3. The number of nitro groups is 3. The molecule has 9 aromatic rings. The van der Waals surface area contributed by atoms with Gasteiger partial charge in [0.1, 0.15) is 31.8 Å². The summed E-state index contributed by atoms with van der Waals surface area (Å²) in [4.78, 5) is 102. The molecule has 7 heterocycles. The van der Waals surface area contributed by atoms with Gasteiger partial charge in [-0.25, -0.2) is 29.1 Å². The van der Waals surface area contributed by atoms with Gasteiger partial charge < -0.3 is 64.1 Å². The van der Waals surface area contributed by atoms with Gasteiger partial charge >= 0.3 is 70.6 Å². The fourth-order valence-corrected chi connectivity index (χ4v) is 13.1. The first kappa shape index (κ1) is 101. The van der Waals surface area contributed by atoms with Crippen LogP contribution in [0.3, 0.4) is 0 Å². The van der Waals surface area contributed by atoms with Crippen LogP contribution in [0.25, 0.3) is 11.0 Å². The first-order chi connectivity index (χ1) is 51.9. The molecule has 113 heavy (non-hydrogen) atoms. The molecule has 37 heteroatoms. The van der Waals surface area contributed by atoms with E-state index in [4.69, 9.17) is 42.0 Å². The van der Waals surface area contributed by atoms with Gasteiger partial charge in [-0.1, -0.05) is 148 Å². The SMILES string of the molecule is C.C.C=CCc1cccc(CCl)c1.C=CCc1cccc(CN(C(=O)OCC)c2cc(Br)nc(Br)c2[N+](=O)[O-])c1.CCOC(=O)N1Cc2cccc(c2)C/C=C/CCOc2cc1c([N+](=O)[O-])c(N)n2.CCOC(=O)Nc1cc(Br)nc(Br)c1[N+](=O)[O-].I.Nc1nc2cc3c1[nH]c(=O)n3Cc1cccc(c1)C/C=C/CCO2.[I-].[Na+]. The molecule has 0 radical (unpaired) electrons. The number of rotatable bonds is 15. The van der Waals surface area contributed by atoms with Crippen molar-refractivity contribution in [2.45, 2.75) is 99.7 Å². The van der Waals surface area contributed by atoms with Crippen LogP contribution in [0, 0.1) is 30.3 Å². The maximum absolute atomic E-state index is 12.7. The van der Waals surface area contributed by atoms with E-state index in [1.54, 1.807) is 37.5 Å². The molecule has 8 bridgehead atoms. The molecule has 0 atom stereocenters. The van der Waals surface area contributed by atoms with Gasteiger partial charge in [0.15, 0.2) is 15.0 Å². The van der Waals surface area contributed by atoms with Crippen LogP contribution < -0.4 is 95.3 Å². The van der Waals surface area contributed by atoms with Crippen molar-refractivity contribution in [2.75, 3.05) is 59.6 Å². The molecule has 0 fully saturated rings. The Labute approximate surface area is 748 Å². The van der Waals surface area contributed by atoms with E-state index < -0.39 is 38.7 Å². The van der Waals surface area contributed by atoms with Crippen LogP contribution in [0.15, 0.2) is 194 Å². The van der Waals surface area contributed by atoms with Crippen LogP contribution in [0.2, 0.25) is 0 Å². The largest absolute Gasteiger partial charge is 1.00 e. The number of nitrogens with one attached hydrogen (secondary N) is 2. The fraction of sp³-hybridized carbons (Fsp3) is 0.263. The number of pyridine rings is 4. The summed E-state index contributed by atoms with van der Waals surface area (Å²) in [6.45, 7) is 14.3. The molecule has 29 nitrogen and oxygen atoms in total. The van der Waals surface area contributed by atoms with Crippen LogP contribution in [0.4, 0.5) is 60.1 Å². The zero-order valence-electron chi connectivity index (χ0n) is 60.5.